The molecule has 0 amide bonds. The first-order valence-electron chi connectivity index (χ1n) is 8.14. The van der Waals surface area contributed by atoms with Gasteiger partial charge in [-0.25, -0.2) is 9.97 Å². The van der Waals surface area contributed by atoms with Crippen molar-refractivity contribution in [3.63, 3.8) is 0 Å². The first-order chi connectivity index (χ1) is 12.3. The van der Waals surface area contributed by atoms with E-state index in [2.05, 4.69) is 27.1 Å². The summed E-state index contributed by atoms with van der Waals surface area (Å²) in [6.45, 7) is 1.50. The highest BCUT2D eigenvalue weighted by atomic mass is 16.3. The molecule has 0 aliphatic rings. The Balaban J connectivity index is 1.45. The predicted molar refractivity (Wildman–Crippen MR) is 99.0 cm³/mol. The molecule has 3 rings (SSSR count). The van der Waals surface area contributed by atoms with E-state index in [0.29, 0.717) is 12.3 Å². The minimum atomic E-state index is 0.299. The lowest BCUT2D eigenvalue weighted by Crippen LogP contribution is -2.17. The van der Waals surface area contributed by atoms with E-state index in [4.69, 9.17) is 0 Å². The molecular formula is C21H19N3O. The van der Waals surface area contributed by atoms with Gasteiger partial charge in [0.2, 0.25) is 0 Å². The molecule has 0 bridgehead atoms. The molecule has 124 valence electrons. The second-order valence-electron chi connectivity index (χ2n) is 5.60. The third kappa shape index (κ3) is 5.17. The standard InChI is InChI=1S/C21H19N3O/c25-21-9-5-18(6-10-21)11-13-22-12-1-2-17-3-7-19(8-4-17)20-14-23-16-24-15-20/h3-10,14-16,22,25H,11-13H2. The molecule has 1 aromatic heterocycles. The Morgan fingerprint density at radius 1 is 0.880 bits per heavy atom. The van der Waals surface area contributed by atoms with Gasteiger partial charge in [-0.2, -0.15) is 0 Å². The fourth-order valence-corrected chi connectivity index (χ4v) is 2.39. The number of hydrogen-bond acceptors (Lipinski definition) is 4. The van der Waals surface area contributed by atoms with Crippen LogP contribution >= 0.6 is 0 Å². The first kappa shape index (κ1) is 16.7. The van der Waals surface area contributed by atoms with Crippen molar-refractivity contribution < 1.29 is 5.11 Å². The molecule has 25 heavy (non-hydrogen) atoms. The zero-order valence-corrected chi connectivity index (χ0v) is 13.8. The number of phenols is 1. The Bertz CT molecular complexity index is 848. The van der Waals surface area contributed by atoms with Crippen LogP contribution in [0, 0.1) is 11.8 Å². The van der Waals surface area contributed by atoms with Crippen molar-refractivity contribution in [2.45, 2.75) is 6.42 Å². The Morgan fingerprint density at radius 2 is 1.60 bits per heavy atom. The Morgan fingerprint density at radius 3 is 2.32 bits per heavy atom. The molecule has 2 aromatic carbocycles. The maximum atomic E-state index is 9.25. The highest BCUT2D eigenvalue weighted by Gasteiger charge is 1.97. The second-order valence-corrected chi connectivity index (χ2v) is 5.60. The van der Waals surface area contributed by atoms with E-state index in [1.165, 1.54) is 11.9 Å². The molecule has 0 radical (unpaired) electrons. The average Bonchev–Trinajstić information content (AvgIpc) is 2.67. The maximum Gasteiger partial charge on any atom is 0.115 e. The van der Waals surface area contributed by atoms with E-state index in [-0.39, 0.29) is 0 Å². The van der Waals surface area contributed by atoms with Crippen LogP contribution in [0.1, 0.15) is 11.1 Å². The van der Waals surface area contributed by atoms with Gasteiger partial charge in [-0.05, 0) is 41.8 Å². The summed E-state index contributed by atoms with van der Waals surface area (Å²) in [6, 6.07) is 15.4. The van der Waals surface area contributed by atoms with Gasteiger partial charge in [0.25, 0.3) is 0 Å². The van der Waals surface area contributed by atoms with E-state index in [1.54, 1.807) is 24.5 Å². The number of benzene rings is 2. The largest absolute Gasteiger partial charge is 0.508 e. The minimum Gasteiger partial charge on any atom is -0.508 e. The van der Waals surface area contributed by atoms with E-state index in [1.807, 2.05) is 36.4 Å². The monoisotopic (exact) mass is 329 g/mol. The Labute approximate surface area is 147 Å². The SMILES string of the molecule is Oc1ccc(CCNCC#Cc2ccc(-c3cncnc3)cc2)cc1. The number of aromatic hydroxyl groups is 1. The summed E-state index contributed by atoms with van der Waals surface area (Å²) in [6.07, 6.45) is 6.03. The van der Waals surface area contributed by atoms with Crippen LogP contribution in [0.25, 0.3) is 11.1 Å². The van der Waals surface area contributed by atoms with Gasteiger partial charge in [0.05, 0.1) is 6.54 Å². The molecular weight excluding hydrogens is 310 g/mol. The van der Waals surface area contributed by atoms with Crippen LogP contribution < -0.4 is 5.32 Å². The smallest absolute Gasteiger partial charge is 0.115 e. The molecule has 4 heteroatoms. The van der Waals surface area contributed by atoms with E-state index >= 15 is 0 Å². The molecule has 2 N–H and O–H groups in total. The zero-order valence-electron chi connectivity index (χ0n) is 13.8. The quantitative estimate of drug-likeness (QED) is 0.558. The van der Waals surface area contributed by atoms with Crippen LogP contribution in [0.15, 0.2) is 67.3 Å². The molecule has 0 saturated carbocycles. The molecule has 0 spiro atoms. The molecule has 0 fully saturated rings. The van der Waals surface area contributed by atoms with Crippen LogP contribution in [0.4, 0.5) is 0 Å². The van der Waals surface area contributed by atoms with Gasteiger partial charge in [0.15, 0.2) is 0 Å². The summed E-state index contributed by atoms with van der Waals surface area (Å²) in [4.78, 5) is 8.06. The Kier molecular flexibility index (Phi) is 5.76. The van der Waals surface area contributed by atoms with Gasteiger partial charge in [-0.1, -0.05) is 36.1 Å². The van der Waals surface area contributed by atoms with Gasteiger partial charge in [0.1, 0.15) is 12.1 Å². The summed E-state index contributed by atoms with van der Waals surface area (Å²) in [5.74, 6) is 6.58. The third-order valence-electron chi connectivity index (χ3n) is 3.75. The first-order valence-corrected chi connectivity index (χ1v) is 8.14. The molecule has 0 aliphatic carbocycles. The minimum absolute atomic E-state index is 0.299. The molecule has 1 heterocycles. The molecule has 0 atom stereocenters. The summed E-state index contributed by atoms with van der Waals surface area (Å²) < 4.78 is 0. The lowest BCUT2D eigenvalue weighted by atomic mass is 10.1. The van der Waals surface area contributed by atoms with Crippen LogP contribution in [0.3, 0.4) is 0 Å². The fourth-order valence-electron chi connectivity index (χ4n) is 2.39. The summed E-state index contributed by atoms with van der Waals surface area (Å²) in [7, 11) is 0. The van der Waals surface area contributed by atoms with Crippen molar-refractivity contribution >= 4 is 0 Å². The molecule has 0 unspecified atom stereocenters. The number of phenolic OH excluding ortho intramolecular Hbond substituents is 1. The van der Waals surface area contributed by atoms with Gasteiger partial charge >= 0.3 is 0 Å². The van der Waals surface area contributed by atoms with E-state index in [0.717, 1.165) is 29.7 Å². The van der Waals surface area contributed by atoms with Crippen molar-refractivity contribution in [3.05, 3.63) is 78.4 Å². The average molecular weight is 329 g/mol. The fraction of sp³-hybridized carbons (Fsp3) is 0.143. The highest BCUT2D eigenvalue weighted by Crippen LogP contribution is 2.17. The summed E-state index contributed by atoms with van der Waals surface area (Å²) in [5.41, 5.74) is 4.26. The van der Waals surface area contributed by atoms with Gasteiger partial charge in [-0.15, -0.1) is 0 Å². The van der Waals surface area contributed by atoms with Crippen molar-refractivity contribution in [3.8, 4) is 28.7 Å². The van der Waals surface area contributed by atoms with Gasteiger partial charge in [-0.3, -0.25) is 0 Å². The van der Waals surface area contributed by atoms with Crippen LogP contribution in [0.2, 0.25) is 0 Å². The zero-order chi connectivity index (χ0) is 17.3. The van der Waals surface area contributed by atoms with Gasteiger partial charge < -0.3 is 10.4 Å². The van der Waals surface area contributed by atoms with Crippen molar-refractivity contribution in [1.82, 2.24) is 15.3 Å². The number of nitrogens with zero attached hydrogens (tertiary/aromatic N) is 2. The molecule has 3 aromatic rings. The van der Waals surface area contributed by atoms with Crippen molar-refractivity contribution in [2.24, 2.45) is 0 Å². The van der Waals surface area contributed by atoms with E-state index < -0.39 is 0 Å². The number of hydrogen-bond donors (Lipinski definition) is 2. The van der Waals surface area contributed by atoms with Crippen molar-refractivity contribution in [1.29, 1.82) is 0 Å². The second kappa shape index (κ2) is 8.62. The number of nitrogens with one attached hydrogen (secondary N) is 1. The normalized spacial score (nSPS) is 10.1. The topological polar surface area (TPSA) is 58.0 Å². The Hall–Kier alpha value is -3.16. The van der Waals surface area contributed by atoms with Crippen molar-refractivity contribution in [2.75, 3.05) is 13.1 Å². The van der Waals surface area contributed by atoms with Crippen LogP contribution in [0.5, 0.6) is 5.75 Å². The lowest BCUT2D eigenvalue weighted by molar-refractivity contribution is 0.475. The van der Waals surface area contributed by atoms with Crippen LogP contribution in [-0.2, 0) is 6.42 Å². The molecule has 4 nitrogen and oxygen atoms in total. The third-order valence-corrected chi connectivity index (χ3v) is 3.75. The maximum absolute atomic E-state index is 9.25. The summed E-state index contributed by atoms with van der Waals surface area (Å²) in [5, 5.41) is 12.6. The highest BCUT2D eigenvalue weighted by molar-refractivity contribution is 5.62. The molecule has 0 saturated heterocycles. The lowest BCUT2D eigenvalue weighted by Gasteiger charge is -2.02. The predicted octanol–water partition coefficient (Wildman–Crippen LogP) is 3.03. The number of aromatic nitrogens is 2. The summed E-state index contributed by atoms with van der Waals surface area (Å²) >= 11 is 0. The van der Waals surface area contributed by atoms with E-state index in [9.17, 15) is 5.11 Å². The number of rotatable bonds is 5. The van der Waals surface area contributed by atoms with Gasteiger partial charge in [0, 0.05) is 30.1 Å². The van der Waals surface area contributed by atoms with Crippen LogP contribution in [-0.4, -0.2) is 28.2 Å². The molecule has 0 aliphatic heterocycles.